The first kappa shape index (κ1) is 17.7. The SMILES string of the molecule is CCCOc1cc(/C=C2\N=C(c3cccc(F)c3)OC2=O)ccc1OC. The number of rotatable bonds is 6. The molecular weight excluding hydrogens is 337 g/mol. The first-order valence-corrected chi connectivity index (χ1v) is 8.20. The van der Waals surface area contributed by atoms with Gasteiger partial charge in [0, 0.05) is 5.56 Å². The minimum atomic E-state index is -0.587. The molecule has 0 saturated carbocycles. The second kappa shape index (κ2) is 7.82. The summed E-state index contributed by atoms with van der Waals surface area (Å²) in [6.45, 7) is 2.57. The van der Waals surface area contributed by atoms with Crippen LogP contribution in [-0.4, -0.2) is 25.6 Å². The lowest BCUT2D eigenvalue weighted by atomic mass is 10.1. The molecule has 134 valence electrons. The van der Waals surface area contributed by atoms with Crippen LogP contribution in [0.15, 0.2) is 53.2 Å². The van der Waals surface area contributed by atoms with Crippen molar-refractivity contribution in [2.45, 2.75) is 13.3 Å². The van der Waals surface area contributed by atoms with Gasteiger partial charge in [0.1, 0.15) is 5.82 Å². The Balaban J connectivity index is 1.90. The van der Waals surface area contributed by atoms with E-state index in [-0.39, 0.29) is 11.6 Å². The summed E-state index contributed by atoms with van der Waals surface area (Å²) in [4.78, 5) is 16.2. The van der Waals surface area contributed by atoms with Gasteiger partial charge in [0.25, 0.3) is 0 Å². The first-order valence-electron chi connectivity index (χ1n) is 8.20. The van der Waals surface area contributed by atoms with Crippen molar-refractivity contribution in [2.24, 2.45) is 4.99 Å². The standard InChI is InChI=1S/C20H18FNO4/c1-3-9-25-18-11-13(7-8-17(18)24-2)10-16-20(23)26-19(22-16)14-5-4-6-15(21)12-14/h4-8,10-12H,3,9H2,1-2H3/b16-10-. The molecule has 1 aliphatic heterocycles. The van der Waals surface area contributed by atoms with Gasteiger partial charge in [0.15, 0.2) is 17.2 Å². The highest BCUT2D eigenvalue weighted by atomic mass is 19.1. The lowest BCUT2D eigenvalue weighted by Crippen LogP contribution is -2.05. The Hall–Kier alpha value is -3.15. The molecule has 0 aromatic heterocycles. The van der Waals surface area contributed by atoms with Gasteiger partial charge in [-0.1, -0.05) is 19.1 Å². The number of aliphatic imine (C=N–C) groups is 1. The number of nitrogens with zero attached hydrogens (tertiary/aromatic N) is 1. The Morgan fingerprint density at radius 3 is 2.77 bits per heavy atom. The summed E-state index contributed by atoms with van der Waals surface area (Å²) in [7, 11) is 1.57. The summed E-state index contributed by atoms with van der Waals surface area (Å²) in [5.41, 5.74) is 1.26. The zero-order valence-electron chi connectivity index (χ0n) is 14.5. The Labute approximate surface area is 150 Å². The maximum absolute atomic E-state index is 13.3. The van der Waals surface area contributed by atoms with Crippen LogP contribution in [0.5, 0.6) is 11.5 Å². The van der Waals surface area contributed by atoms with Gasteiger partial charge in [-0.15, -0.1) is 0 Å². The van der Waals surface area contributed by atoms with Crippen molar-refractivity contribution < 1.29 is 23.4 Å². The second-order valence-electron chi connectivity index (χ2n) is 5.61. The zero-order chi connectivity index (χ0) is 18.5. The van der Waals surface area contributed by atoms with Gasteiger partial charge in [-0.2, -0.15) is 0 Å². The fraction of sp³-hybridized carbons (Fsp3) is 0.200. The summed E-state index contributed by atoms with van der Waals surface area (Å²) in [5.74, 6) is 0.266. The molecule has 3 rings (SSSR count). The number of carbonyl (C=O) groups is 1. The number of benzene rings is 2. The molecule has 1 heterocycles. The molecule has 0 saturated heterocycles. The molecule has 2 aromatic rings. The van der Waals surface area contributed by atoms with E-state index in [1.807, 2.05) is 6.92 Å². The summed E-state index contributed by atoms with van der Waals surface area (Å²) in [5, 5.41) is 0. The van der Waals surface area contributed by atoms with E-state index < -0.39 is 11.8 Å². The fourth-order valence-corrected chi connectivity index (χ4v) is 2.42. The van der Waals surface area contributed by atoms with Crippen molar-refractivity contribution in [2.75, 3.05) is 13.7 Å². The number of hydrogen-bond acceptors (Lipinski definition) is 5. The van der Waals surface area contributed by atoms with Crippen molar-refractivity contribution in [3.05, 3.63) is 65.1 Å². The van der Waals surface area contributed by atoms with Gasteiger partial charge in [-0.25, -0.2) is 14.2 Å². The Kier molecular flexibility index (Phi) is 5.31. The van der Waals surface area contributed by atoms with Crippen LogP contribution in [0.4, 0.5) is 4.39 Å². The molecule has 6 heteroatoms. The van der Waals surface area contributed by atoms with Crippen LogP contribution in [0.25, 0.3) is 6.08 Å². The zero-order valence-corrected chi connectivity index (χ0v) is 14.5. The number of carbonyl (C=O) groups excluding carboxylic acids is 1. The van der Waals surface area contributed by atoms with Crippen molar-refractivity contribution >= 4 is 17.9 Å². The minimum Gasteiger partial charge on any atom is -0.493 e. The number of cyclic esters (lactones) is 1. The van der Waals surface area contributed by atoms with Crippen LogP contribution in [-0.2, 0) is 9.53 Å². The minimum absolute atomic E-state index is 0.0803. The number of halogens is 1. The maximum Gasteiger partial charge on any atom is 0.363 e. The largest absolute Gasteiger partial charge is 0.493 e. The average molecular weight is 355 g/mol. The lowest BCUT2D eigenvalue weighted by molar-refractivity contribution is -0.129. The highest BCUT2D eigenvalue weighted by Gasteiger charge is 2.24. The Morgan fingerprint density at radius 2 is 2.04 bits per heavy atom. The van der Waals surface area contributed by atoms with Gasteiger partial charge >= 0.3 is 5.97 Å². The van der Waals surface area contributed by atoms with E-state index in [9.17, 15) is 9.18 Å². The van der Waals surface area contributed by atoms with Crippen LogP contribution in [0.2, 0.25) is 0 Å². The summed E-state index contributed by atoms with van der Waals surface area (Å²) in [6, 6.07) is 11.0. The van der Waals surface area contributed by atoms with Crippen LogP contribution in [0.1, 0.15) is 24.5 Å². The molecule has 0 aliphatic carbocycles. The van der Waals surface area contributed by atoms with Gasteiger partial charge in [0.2, 0.25) is 5.90 Å². The molecule has 0 radical (unpaired) electrons. The van der Waals surface area contributed by atoms with Gasteiger partial charge in [-0.05, 0) is 48.4 Å². The number of hydrogen-bond donors (Lipinski definition) is 0. The number of ether oxygens (including phenoxy) is 3. The molecule has 0 atom stereocenters. The predicted molar refractivity (Wildman–Crippen MR) is 95.8 cm³/mol. The molecule has 0 spiro atoms. The van der Waals surface area contributed by atoms with E-state index in [1.165, 1.54) is 18.2 Å². The highest BCUT2D eigenvalue weighted by Crippen LogP contribution is 2.30. The molecule has 1 aliphatic rings. The van der Waals surface area contributed by atoms with E-state index in [2.05, 4.69) is 4.99 Å². The molecule has 5 nitrogen and oxygen atoms in total. The molecule has 0 amide bonds. The van der Waals surface area contributed by atoms with E-state index in [0.717, 1.165) is 6.42 Å². The molecule has 0 bridgehead atoms. The maximum atomic E-state index is 13.3. The summed E-state index contributed by atoms with van der Waals surface area (Å²) in [6.07, 6.45) is 2.45. The monoisotopic (exact) mass is 355 g/mol. The van der Waals surface area contributed by atoms with Crippen LogP contribution < -0.4 is 9.47 Å². The predicted octanol–water partition coefficient (Wildman–Crippen LogP) is 3.97. The van der Waals surface area contributed by atoms with E-state index >= 15 is 0 Å². The highest BCUT2D eigenvalue weighted by molar-refractivity contribution is 6.12. The summed E-state index contributed by atoms with van der Waals surface area (Å²) >= 11 is 0. The molecule has 0 unspecified atom stereocenters. The molecule has 0 N–H and O–H groups in total. The number of esters is 1. The third kappa shape index (κ3) is 3.91. The van der Waals surface area contributed by atoms with Crippen LogP contribution >= 0.6 is 0 Å². The Morgan fingerprint density at radius 1 is 1.19 bits per heavy atom. The summed E-state index contributed by atoms with van der Waals surface area (Å²) < 4.78 is 29.4. The lowest BCUT2D eigenvalue weighted by Gasteiger charge is -2.10. The van der Waals surface area contributed by atoms with Gasteiger partial charge in [0.05, 0.1) is 13.7 Å². The molecular formula is C20H18FNO4. The third-order valence-corrected chi connectivity index (χ3v) is 3.64. The smallest absolute Gasteiger partial charge is 0.363 e. The van der Waals surface area contributed by atoms with E-state index in [1.54, 1.807) is 37.5 Å². The van der Waals surface area contributed by atoms with E-state index in [4.69, 9.17) is 14.2 Å². The third-order valence-electron chi connectivity index (χ3n) is 3.64. The van der Waals surface area contributed by atoms with Crippen LogP contribution in [0, 0.1) is 5.82 Å². The second-order valence-corrected chi connectivity index (χ2v) is 5.61. The molecule has 0 fully saturated rings. The Bertz CT molecular complexity index is 889. The van der Waals surface area contributed by atoms with Crippen molar-refractivity contribution in [1.82, 2.24) is 0 Å². The van der Waals surface area contributed by atoms with Crippen molar-refractivity contribution in [3.63, 3.8) is 0 Å². The fourth-order valence-electron chi connectivity index (χ4n) is 2.42. The average Bonchev–Trinajstić information content (AvgIpc) is 3.01. The topological polar surface area (TPSA) is 57.1 Å². The van der Waals surface area contributed by atoms with Crippen molar-refractivity contribution in [3.8, 4) is 11.5 Å². The number of methoxy groups -OCH3 is 1. The van der Waals surface area contributed by atoms with Crippen molar-refractivity contribution in [1.29, 1.82) is 0 Å². The van der Waals surface area contributed by atoms with Gasteiger partial charge < -0.3 is 14.2 Å². The van der Waals surface area contributed by atoms with Gasteiger partial charge in [-0.3, -0.25) is 0 Å². The van der Waals surface area contributed by atoms with Crippen LogP contribution in [0.3, 0.4) is 0 Å². The quantitative estimate of drug-likeness (QED) is 0.581. The normalized spacial score (nSPS) is 15.0. The molecule has 2 aromatic carbocycles. The van der Waals surface area contributed by atoms with E-state index in [0.29, 0.717) is 29.2 Å². The molecule has 26 heavy (non-hydrogen) atoms. The first-order chi connectivity index (χ1) is 12.6.